The zero-order chi connectivity index (χ0) is 19.9. The van der Waals surface area contributed by atoms with E-state index in [1.54, 1.807) is 24.3 Å². The van der Waals surface area contributed by atoms with Crippen LogP contribution in [0.15, 0.2) is 66.7 Å². The molecular formula is C22H21N3O2S. The Morgan fingerprint density at radius 2 is 1.64 bits per heavy atom. The first kappa shape index (κ1) is 19.5. The Balaban J connectivity index is 1.58. The molecule has 0 fully saturated rings. The minimum atomic E-state index is -0.187. The van der Waals surface area contributed by atoms with Crippen LogP contribution in [0.25, 0.3) is 10.8 Å². The van der Waals surface area contributed by atoms with E-state index in [-0.39, 0.29) is 23.3 Å². The van der Waals surface area contributed by atoms with Crippen LogP contribution in [0.5, 0.6) is 0 Å². The molecule has 142 valence electrons. The molecule has 0 saturated carbocycles. The van der Waals surface area contributed by atoms with Crippen molar-refractivity contribution in [2.45, 2.75) is 13.3 Å². The fourth-order valence-electron chi connectivity index (χ4n) is 2.92. The predicted octanol–water partition coefficient (Wildman–Crippen LogP) is 3.65. The average Bonchev–Trinajstić information content (AvgIpc) is 2.69. The van der Waals surface area contributed by atoms with Crippen LogP contribution in [0.1, 0.15) is 22.8 Å². The molecule has 5 nitrogen and oxygen atoms in total. The third-order valence-corrected chi connectivity index (χ3v) is 4.43. The van der Waals surface area contributed by atoms with Crippen molar-refractivity contribution in [1.82, 2.24) is 10.6 Å². The zero-order valence-electron chi connectivity index (χ0n) is 15.5. The normalized spacial score (nSPS) is 10.3. The van der Waals surface area contributed by atoms with E-state index in [0.717, 1.165) is 16.3 Å². The molecule has 0 radical (unpaired) electrons. The van der Waals surface area contributed by atoms with Crippen molar-refractivity contribution in [3.63, 3.8) is 0 Å². The highest BCUT2D eigenvalue weighted by molar-refractivity contribution is 7.80. The Morgan fingerprint density at radius 3 is 2.39 bits per heavy atom. The number of carbonyl (C=O) groups is 2. The summed E-state index contributed by atoms with van der Waals surface area (Å²) in [4.78, 5) is 24.2. The zero-order valence-corrected chi connectivity index (χ0v) is 16.3. The maximum atomic E-state index is 12.4. The Bertz CT molecular complexity index is 1010. The van der Waals surface area contributed by atoms with Gasteiger partial charge in [-0.2, -0.15) is 0 Å². The average molecular weight is 391 g/mol. The number of hydrogen-bond donors (Lipinski definition) is 3. The van der Waals surface area contributed by atoms with Gasteiger partial charge in [-0.05, 0) is 59.7 Å². The molecule has 0 aliphatic carbocycles. The summed E-state index contributed by atoms with van der Waals surface area (Å²) in [5.74, 6) is -0.312. The van der Waals surface area contributed by atoms with Crippen LogP contribution in [-0.4, -0.2) is 23.5 Å². The maximum absolute atomic E-state index is 12.4. The van der Waals surface area contributed by atoms with Crippen LogP contribution in [0, 0.1) is 0 Å². The second-order valence-electron chi connectivity index (χ2n) is 6.25. The molecule has 28 heavy (non-hydrogen) atoms. The van der Waals surface area contributed by atoms with Gasteiger partial charge in [0, 0.05) is 17.8 Å². The molecule has 0 heterocycles. The number of rotatable bonds is 5. The monoisotopic (exact) mass is 391 g/mol. The van der Waals surface area contributed by atoms with Gasteiger partial charge in [-0.25, -0.2) is 0 Å². The van der Waals surface area contributed by atoms with Crippen LogP contribution in [0.4, 0.5) is 5.69 Å². The van der Waals surface area contributed by atoms with E-state index in [9.17, 15) is 9.59 Å². The van der Waals surface area contributed by atoms with E-state index in [0.29, 0.717) is 17.8 Å². The van der Waals surface area contributed by atoms with E-state index in [2.05, 4.69) is 16.0 Å². The van der Waals surface area contributed by atoms with Crippen LogP contribution in [0.2, 0.25) is 0 Å². The van der Waals surface area contributed by atoms with Crippen molar-refractivity contribution in [3.05, 3.63) is 77.9 Å². The lowest BCUT2D eigenvalue weighted by atomic mass is 10.0. The molecule has 3 aromatic rings. The van der Waals surface area contributed by atoms with E-state index in [1.165, 1.54) is 0 Å². The first-order valence-corrected chi connectivity index (χ1v) is 9.43. The van der Waals surface area contributed by atoms with Crippen molar-refractivity contribution < 1.29 is 9.59 Å². The number of nitrogens with one attached hydrogen (secondary N) is 3. The molecule has 2 amide bonds. The smallest absolute Gasteiger partial charge is 0.251 e. The molecule has 3 N–H and O–H groups in total. The number of anilines is 1. The van der Waals surface area contributed by atoms with Crippen molar-refractivity contribution >= 4 is 45.6 Å². The molecule has 0 bridgehead atoms. The molecule has 0 unspecified atom stereocenters. The van der Waals surface area contributed by atoms with Crippen molar-refractivity contribution in [2.24, 2.45) is 0 Å². The fraction of sp³-hybridized carbons (Fsp3) is 0.136. The molecule has 6 heteroatoms. The molecular weight excluding hydrogens is 370 g/mol. The van der Waals surface area contributed by atoms with Crippen LogP contribution in [0.3, 0.4) is 0 Å². The summed E-state index contributed by atoms with van der Waals surface area (Å²) in [5.41, 5.74) is 2.21. The molecule has 3 aromatic carbocycles. The van der Waals surface area contributed by atoms with Gasteiger partial charge in [0.05, 0.1) is 6.42 Å². The summed E-state index contributed by atoms with van der Waals surface area (Å²) in [6, 6.07) is 20.8. The highest BCUT2D eigenvalue weighted by Crippen LogP contribution is 2.18. The van der Waals surface area contributed by atoms with E-state index in [1.807, 2.05) is 49.4 Å². The van der Waals surface area contributed by atoms with Gasteiger partial charge in [0.2, 0.25) is 5.91 Å². The molecule has 0 aliphatic rings. The standard InChI is InChI=1S/C22H21N3O2S/c1-2-23-21(27)16-10-12-18(13-11-16)24-22(28)25-20(26)14-17-8-5-7-15-6-3-4-9-19(15)17/h3-13H,2,14H2,1H3,(H,23,27)(H2,24,25,26,28). The van der Waals surface area contributed by atoms with Crippen LogP contribution in [-0.2, 0) is 11.2 Å². The second-order valence-corrected chi connectivity index (χ2v) is 6.66. The molecule has 3 rings (SSSR count). The third-order valence-electron chi connectivity index (χ3n) is 4.23. The minimum absolute atomic E-state index is 0.125. The van der Waals surface area contributed by atoms with Crippen molar-refractivity contribution in [2.75, 3.05) is 11.9 Å². The third kappa shape index (κ3) is 4.92. The van der Waals surface area contributed by atoms with Crippen molar-refractivity contribution in [3.8, 4) is 0 Å². The first-order valence-electron chi connectivity index (χ1n) is 9.02. The van der Waals surface area contributed by atoms with Crippen LogP contribution < -0.4 is 16.0 Å². The molecule has 0 saturated heterocycles. The molecule has 0 atom stereocenters. The van der Waals surface area contributed by atoms with Gasteiger partial charge in [-0.3, -0.25) is 9.59 Å². The topological polar surface area (TPSA) is 70.2 Å². The van der Waals surface area contributed by atoms with Gasteiger partial charge >= 0.3 is 0 Å². The Morgan fingerprint density at radius 1 is 0.929 bits per heavy atom. The van der Waals surface area contributed by atoms with Gasteiger partial charge in [0.25, 0.3) is 5.91 Å². The summed E-state index contributed by atoms with van der Waals surface area (Å²) in [6.45, 7) is 2.44. The van der Waals surface area contributed by atoms with E-state index < -0.39 is 0 Å². The number of carbonyl (C=O) groups excluding carboxylic acids is 2. The molecule has 0 aromatic heterocycles. The predicted molar refractivity (Wildman–Crippen MR) is 116 cm³/mol. The highest BCUT2D eigenvalue weighted by Gasteiger charge is 2.09. The van der Waals surface area contributed by atoms with Crippen LogP contribution >= 0.6 is 12.2 Å². The van der Waals surface area contributed by atoms with Gasteiger partial charge in [0.1, 0.15) is 0 Å². The first-order chi connectivity index (χ1) is 13.6. The second kappa shape index (κ2) is 9.10. The maximum Gasteiger partial charge on any atom is 0.251 e. The number of fused-ring (bicyclic) bond motifs is 1. The van der Waals surface area contributed by atoms with Crippen molar-refractivity contribution in [1.29, 1.82) is 0 Å². The molecule has 0 aliphatic heterocycles. The Labute approximate surface area is 169 Å². The quantitative estimate of drug-likeness (QED) is 0.581. The number of benzene rings is 3. The summed E-state index contributed by atoms with van der Waals surface area (Å²) in [5, 5.41) is 10.8. The number of thiocarbonyl (C=S) groups is 1. The van der Waals surface area contributed by atoms with E-state index >= 15 is 0 Å². The van der Waals surface area contributed by atoms with Gasteiger partial charge in [0.15, 0.2) is 5.11 Å². The number of hydrogen-bond acceptors (Lipinski definition) is 3. The minimum Gasteiger partial charge on any atom is -0.352 e. The Hall–Kier alpha value is -3.25. The largest absolute Gasteiger partial charge is 0.352 e. The summed E-state index contributed by atoms with van der Waals surface area (Å²) >= 11 is 5.23. The summed E-state index contributed by atoms with van der Waals surface area (Å²) in [6.07, 6.45) is 0.235. The Kier molecular flexibility index (Phi) is 6.34. The number of amides is 2. The SMILES string of the molecule is CCNC(=O)c1ccc(NC(=S)NC(=O)Cc2cccc3ccccc23)cc1. The van der Waals surface area contributed by atoms with Gasteiger partial charge in [-0.15, -0.1) is 0 Å². The van der Waals surface area contributed by atoms with Gasteiger partial charge in [-0.1, -0.05) is 42.5 Å². The lowest BCUT2D eigenvalue weighted by Gasteiger charge is -2.11. The lowest BCUT2D eigenvalue weighted by Crippen LogP contribution is -2.35. The lowest BCUT2D eigenvalue weighted by molar-refractivity contribution is -0.119. The summed E-state index contributed by atoms with van der Waals surface area (Å²) < 4.78 is 0. The molecule has 0 spiro atoms. The fourth-order valence-corrected chi connectivity index (χ4v) is 3.15. The summed E-state index contributed by atoms with van der Waals surface area (Å²) in [7, 11) is 0. The van der Waals surface area contributed by atoms with E-state index in [4.69, 9.17) is 12.2 Å². The van der Waals surface area contributed by atoms with Gasteiger partial charge < -0.3 is 16.0 Å². The highest BCUT2D eigenvalue weighted by atomic mass is 32.1.